The van der Waals surface area contributed by atoms with Crippen molar-refractivity contribution in [2.75, 3.05) is 20.2 Å². The molecule has 0 radical (unpaired) electrons. The Hall–Kier alpha value is -1.01. The third-order valence-electron chi connectivity index (χ3n) is 14.0. The molecule has 10 atom stereocenters. The van der Waals surface area contributed by atoms with Crippen LogP contribution in [0.4, 0.5) is 0 Å². The van der Waals surface area contributed by atoms with Gasteiger partial charge in [0, 0.05) is 42.0 Å². The second-order valence-corrected chi connectivity index (χ2v) is 15.4. The number of nitrogens with zero attached hydrogens (tertiary/aromatic N) is 1. The van der Waals surface area contributed by atoms with Gasteiger partial charge in [-0.2, -0.15) is 0 Å². The molecule has 39 heavy (non-hydrogen) atoms. The molecule has 0 aromatic heterocycles. The number of rotatable bonds is 6. The van der Waals surface area contributed by atoms with E-state index in [-0.39, 0.29) is 41.0 Å². The first-order valence-corrected chi connectivity index (χ1v) is 15.8. The first-order chi connectivity index (χ1) is 18.3. The highest BCUT2D eigenvalue weighted by Gasteiger charge is 2.82. The highest BCUT2D eigenvalue weighted by molar-refractivity contribution is 5.85. The van der Waals surface area contributed by atoms with Crippen LogP contribution in [0.5, 0.6) is 11.5 Å². The summed E-state index contributed by atoms with van der Waals surface area (Å²) in [6.07, 6.45) is 14.2. The topological polar surface area (TPSA) is 62.2 Å². The Morgan fingerprint density at radius 2 is 1.97 bits per heavy atom. The molecule has 2 N–H and O–H groups in total. The second kappa shape index (κ2) is 8.08. The Morgan fingerprint density at radius 1 is 1.13 bits per heavy atom. The summed E-state index contributed by atoms with van der Waals surface area (Å²) in [7, 11) is 1.88. The van der Waals surface area contributed by atoms with Crippen molar-refractivity contribution >= 4 is 12.4 Å². The minimum atomic E-state index is -0.781. The van der Waals surface area contributed by atoms with Crippen LogP contribution in [0.2, 0.25) is 0 Å². The summed E-state index contributed by atoms with van der Waals surface area (Å²) in [6.45, 7) is 4.50. The number of aromatic hydroxyl groups is 1. The number of benzene rings is 1. The fourth-order valence-corrected chi connectivity index (χ4v) is 12.4. The molecule has 1 aromatic rings. The van der Waals surface area contributed by atoms with Crippen LogP contribution in [0.25, 0.3) is 0 Å². The number of methoxy groups -OCH3 is 1. The van der Waals surface area contributed by atoms with Gasteiger partial charge >= 0.3 is 0 Å². The van der Waals surface area contributed by atoms with Gasteiger partial charge in [0.15, 0.2) is 11.5 Å². The average molecular weight is 556 g/mol. The van der Waals surface area contributed by atoms with Gasteiger partial charge in [-0.25, -0.2) is 0 Å². The molecule has 6 saturated carbocycles. The quantitative estimate of drug-likeness (QED) is 0.477. The van der Waals surface area contributed by atoms with Crippen molar-refractivity contribution in [1.29, 1.82) is 0 Å². The number of phenols is 1. The zero-order valence-corrected chi connectivity index (χ0v) is 24.5. The van der Waals surface area contributed by atoms with Crippen molar-refractivity contribution < 1.29 is 19.7 Å². The van der Waals surface area contributed by atoms with E-state index in [1.165, 1.54) is 56.2 Å². The number of piperidine rings is 1. The van der Waals surface area contributed by atoms with Crippen molar-refractivity contribution in [3.05, 3.63) is 23.3 Å². The lowest BCUT2D eigenvalue weighted by Crippen LogP contribution is -2.82. The fraction of sp³-hybridized carbons (Fsp3) is 0.818. The summed E-state index contributed by atoms with van der Waals surface area (Å²) < 4.78 is 13.7. The average Bonchev–Trinajstić information content (AvgIpc) is 3.29. The van der Waals surface area contributed by atoms with Gasteiger partial charge in [-0.15, -0.1) is 12.4 Å². The number of halogens is 1. The van der Waals surface area contributed by atoms with Crippen LogP contribution in [-0.4, -0.2) is 58.7 Å². The summed E-state index contributed by atoms with van der Waals surface area (Å²) in [4.78, 5) is 2.86. The van der Waals surface area contributed by atoms with Crippen LogP contribution in [-0.2, 0) is 16.6 Å². The van der Waals surface area contributed by atoms with Crippen molar-refractivity contribution in [2.24, 2.45) is 35.0 Å². The molecule has 6 bridgehead atoms. The van der Waals surface area contributed by atoms with E-state index in [0.29, 0.717) is 12.0 Å². The maximum absolute atomic E-state index is 12.5. The lowest BCUT2D eigenvalue weighted by atomic mass is 9.33. The number of phenolic OH excluding ortho intramolecular Hbond substituents is 1. The van der Waals surface area contributed by atoms with E-state index in [4.69, 9.17) is 9.47 Å². The van der Waals surface area contributed by atoms with Crippen LogP contribution >= 0.6 is 12.4 Å². The van der Waals surface area contributed by atoms with Crippen molar-refractivity contribution in [3.63, 3.8) is 0 Å². The standard InChI is InChI=1S/C33H45NO4.ClH/c1-30(36,16-23-14-20-5-6-21(23)13-20)25-17-31-9-10-33(25,37-2)29-32(31)11-12-34(18-19-3-4-19)26(31)15-22-7-8-24(35)28(38-29)27(22)32;/h7-8,19-21,23,25-26,29,35-36H,3-6,9-18H2,1-2H3;1H/t20-,21+,23?,25-,26-,29-,30-,31-,32+,33-;/m1./s1. The van der Waals surface area contributed by atoms with Crippen molar-refractivity contribution in [3.8, 4) is 11.5 Å². The first kappa shape index (κ1) is 25.7. The molecule has 7 aliphatic carbocycles. The van der Waals surface area contributed by atoms with Gasteiger partial charge in [-0.3, -0.25) is 4.90 Å². The largest absolute Gasteiger partial charge is 0.504 e. The minimum absolute atomic E-state index is 0. The van der Waals surface area contributed by atoms with Crippen LogP contribution in [0.15, 0.2) is 12.1 Å². The first-order valence-electron chi connectivity index (χ1n) is 15.8. The smallest absolute Gasteiger partial charge is 0.165 e. The molecular formula is C33H46ClNO4. The number of aliphatic hydroxyl groups is 1. The summed E-state index contributed by atoms with van der Waals surface area (Å²) in [6, 6.07) is 4.54. The third kappa shape index (κ3) is 2.99. The molecule has 2 spiro atoms. The monoisotopic (exact) mass is 555 g/mol. The van der Waals surface area contributed by atoms with Gasteiger partial charge < -0.3 is 19.7 Å². The molecule has 1 saturated heterocycles. The van der Waals surface area contributed by atoms with Gasteiger partial charge in [0.1, 0.15) is 11.7 Å². The van der Waals surface area contributed by atoms with E-state index in [9.17, 15) is 10.2 Å². The van der Waals surface area contributed by atoms with E-state index in [0.717, 1.165) is 68.6 Å². The van der Waals surface area contributed by atoms with E-state index < -0.39 is 11.2 Å². The van der Waals surface area contributed by atoms with E-state index in [1.807, 2.05) is 13.2 Å². The predicted octanol–water partition coefficient (Wildman–Crippen LogP) is 5.62. The molecule has 214 valence electrons. The fourth-order valence-electron chi connectivity index (χ4n) is 12.4. The van der Waals surface area contributed by atoms with Gasteiger partial charge in [0.25, 0.3) is 0 Å². The van der Waals surface area contributed by atoms with Crippen molar-refractivity contribution in [1.82, 2.24) is 4.90 Å². The number of hydrogen-bond acceptors (Lipinski definition) is 5. The van der Waals surface area contributed by atoms with Gasteiger partial charge in [0.05, 0.1) is 5.60 Å². The Morgan fingerprint density at radius 3 is 2.69 bits per heavy atom. The van der Waals surface area contributed by atoms with Crippen LogP contribution in [0, 0.1) is 35.0 Å². The maximum atomic E-state index is 12.5. The molecule has 9 aliphatic rings. The van der Waals surface area contributed by atoms with Crippen LogP contribution < -0.4 is 4.74 Å². The van der Waals surface area contributed by atoms with E-state index in [2.05, 4.69) is 17.9 Å². The zero-order valence-electron chi connectivity index (χ0n) is 23.7. The molecule has 5 nitrogen and oxygen atoms in total. The highest BCUT2D eigenvalue weighted by atomic mass is 35.5. The minimum Gasteiger partial charge on any atom is -0.504 e. The molecular weight excluding hydrogens is 510 g/mol. The number of ether oxygens (including phenoxy) is 2. The molecule has 2 aliphatic heterocycles. The Kier molecular flexibility index (Phi) is 5.32. The molecule has 7 fully saturated rings. The van der Waals surface area contributed by atoms with Crippen LogP contribution in [0.1, 0.15) is 88.7 Å². The Balaban J connectivity index is 0.00000235. The van der Waals surface area contributed by atoms with Gasteiger partial charge in [-0.05, 0) is 119 Å². The molecule has 0 amide bonds. The lowest BCUT2D eigenvalue weighted by molar-refractivity contribution is -0.304. The lowest BCUT2D eigenvalue weighted by Gasteiger charge is -2.75. The van der Waals surface area contributed by atoms with Gasteiger partial charge in [0.2, 0.25) is 0 Å². The zero-order chi connectivity index (χ0) is 25.7. The molecule has 1 unspecified atom stereocenters. The van der Waals surface area contributed by atoms with Gasteiger partial charge in [-0.1, -0.05) is 12.5 Å². The van der Waals surface area contributed by atoms with E-state index >= 15 is 0 Å². The number of likely N-dealkylation sites (tertiary alicyclic amines) is 1. The SMILES string of the molecule is CO[C@]12CC[C@@]3(C[C@@H]1[C@](C)(O)CC1C[C@@H]4CC[C@H]1C4)[C@H]1Cc4ccc(O)c5c4[C@@]3(CCN1CC1CC1)[C@H]2O5.Cl. The van der Waals surface area contributed by atoms with Crippen molar-refractivity contribution in [2.45, 2.75) is 113 Å². The Labute approximate surface area is 239 Å². The molecule has 10 rings (SSSR count). The predicted molar refractivity (Wildman–Crippen MR) is 152 cm³/mol. The van der Waals surface area contributed by atoms with E-state index in [1.54, 1.807) is 0 Å². The summed E-state index contributed by atoms with van der Waals surface area (Å²) in [5.41, 5.74) is 1.35. The van der Waals surface area contributed by atoms with Crippen LogP contribution in [0.3, 0.4) is 0 Å². The summed E-state index contributed by atoms with van der Waals surface area (Å²) in [5, 5.41) is 23.6. The third-order valence-corrected chi connectivity index (χ3v) is 14.0. The Bertz CT molecular complexity index is 1200. The molecule has 6 heteroatoms. The number of fused-ring (bicyclic) bond motifs is 4. The number of hydrogen-bond donors (Lipinski definition) is 2. The molecule has 2 heterocycles. The maximum Gasteiger partial charge on any atom is 0.165 e. The summed E-state index contributed by atoms with van der Waals surface area (Å²) in [5.74, 6) is 4.30. The second-order valence-electron chi connectivity index (χ2n) is 15.4. The normalized spacial score (nSPS) is 47.9. The summed E-state index contributed by atoms with van der Waals surface area (Å²) >= 11 is 0. The molecule has 1 aromatic carbocycles. The highest BCUT2D eigenvalue weighted by Crippen LogP contribution is 2.77.